The Bertz CT molecular complexity index is 781. The minimum absolute atomic E-state index is 0.0902. The van der Waals surface area contributed by atoms with E-state index >= 15 is 0 Å². The van der Waals surface area contributed by atoms with Gasteiger partial charge in [-0.3, -0.25) is 9.48 Å². The fraction of sp³-hybridized carbons (Fsp3) is 0.389. The lowest BCUT2D eigenvalue weighted by Gasteiger charge is -2.33. The maximum absolute atomic E-state index is 12.7. The maximum atomic E-state index is 12.7. The summed E-state index contributed by atoms with van der Waals surface area (Å²) in [5.74, 6) is -1.12. The number of halogens is 1. The van der Waals surface area contributed by atoms with Crippen LogP contribution in [0.2, 0.25) is 5.02 Å². The number of aromatic nitrogens is 2. The normalized spacial score (nSPS) is 16.6. The monoisotopic (exact) mass is 361 g/mol. The van der Waals surface area contributed by atoms with Gasteiger partial charge in [-0.25, -0.2) is 4.79 Å². The van der Waals surface area contributed by atoms with Crippen molar-refractivity contribution in [2.45, 2.75) is 31.7 Å². The van der Waals surface area contributed by atoms with Crippen LogP contribution in [0.25, 0.3) is 0 Å². The first kappa shape index (κ1) is 17.5. The Hall–Kier alpha value is -2.34. The second-order valence-electron chi connectivity index (χ2n) is 6.35. The molecule has 1 aliphatic rings. The Labute approximate surface area is 151 Å². The van der Waals surface area contributed by atoms with Gasteiger partial charge in [0, 0.05) is 24.3 Å². The summed E-state index contributed by atoms with van der Waals surface area (Å²) in [5, 5.41) is 13.8. The minimum Gasteiger partial charge on any atom is -0.478 e. The number of amides is 1. The topological polar surface area (TPSA) is 75.4 Å². The van der Waals surface area contributed by atoms with Crippen molar-refractivity contribution in [3.8, 4) is 0 Å². The highest BCUT2D eigenvalue weighted by molar-refractivity contribution is 6.30. The van der Waals surface area contributed by atoms with Crippen molar-refractivity contribution in [1.29, 1.82) is 0 Å². The summed E-state index contributed by atoms with van der Waals surface area (Å²) in [6.07, 6.45) is 4.43. The van der Waals surface area contributed by atoms with Crippen LogP contribution in [0.3, 0.4) is 0 Å². The Morgan fingerprint density at radius 3 is 2.64 bits per heavy atom. The van der Waals surface area contributed by atoms with Crippen LogP contribution in [-0.2, 0) is 4.79 Å². The summed E-state index contributed by atoms with van der Waals surface area (Å²) in [7, 11) is 0. The van der Waals surface area contributed by atoms with Crippen molar-refractivity contribution in [3.05, 3.63) is 52.8 Å². The number of rotatable bonds is 4. The van der Waals surface area contributed by atoms with Gasteiger partial charge in [0.25, 0.3) is 0 Å². The largest absolute Gasteiger partial charge is 0.478 e. The van der Waals surface area contributed by atoms with E-state index in [0.29, 0.717) is 18.1 Å². The van der Waals surface area contributed by atoms with E-state index in [0.717, 1.165) is 18.4 Å². The number of piperidine rings is 1. The van der Waals surface area contributed by atoms with Crippen molar-refractivity contribution in [2.75, 3.05) is 13.1 Å². The van der Waals surface area contributed by atoms with E-state index in [1.165, 1.54) is 6.20 Å². The molecule has 6 nitrogen and oxygen atoms in total. The number of carbonyl (C=O) groups excluding carboxylic acids is 1. The van der Waals surface area contributed by atoms with Gasteiger partial charge < -0.3 is 10.0 Å². The Morgan fingerprint density at radius 1 is 1.32 bits per heavy atom. The summed E-state index contributed by atoms with van der Waals surface area (Å²) in [5.41, 5.74) is 1.10. The van der Waals surface area contributed by atoms with Crippen molar-refractivity contribution in [1.82, 2.24) is 14.7 Å². The molecule has 1 aliphatic heterocycles. The highest BCUT2D eigenvalue weighted by atomic mass is 35.5. The summed E-state index contributed by atoms with van der Waals surface area (Å²) < 4.78 is 1.70. The Balaban J connectivity index is 1.61. The fourth-order valence-corrected chi connectivity index (χ4v) is 3.39. The first-order valence-electron chi connectivity index (χ1n) is 8.27. The van der Waals surface area contributed by atoms with E-state index < -0.39 is 5.97 Å². The van der Waals surface area contributed by atoms with E-state index in [1.54, 1.807) is 16.9 Å². The summed E-state index contributed by atoms with van der Waals surface area (Å²) in [6, 6.07) is 7.51. The molecule has 1 amide bonds. The predicted octanol–water partition coefficient (Wildman–Crippen LogP) is 3.20. The second kappa shape index (κ2) is 7.27. The van der Waals surface area contributed by atoms with Gasteiger partial charge in [-0.05, 0) is 37.5 Å². The van der Waals surface area contributed by atoms with Crippen LogP contribution in [-0.4, -0.2) is 44.8 Å². The number of hydrogen-bond acceptors (Lipinski definition) is 3. The molecule has 7 heteroatoms. The molecule has 0 saturated carbocycles. The number of carboxylic acids is 1. The Morgan fingerprint density at radius 2 is 2.04 bits per heavy atom. The first-order valence-corrected chi connectivity index (χ1v) is 8.65. The molecular weight excluding hydrogens is 342 g/mol. The minimum atomic E-state index is -0.978. The number of nitrogens with zero attached hydrogens (tertiary/aromatic N) is 3. The molecule has 25 heavy (non-hydrogen) atoms. The fourth-order valence-electron chi connectivity index (χ4n) is 3.19. The quantitative estimate of drug-likeness (QED) is 0.907. The highest BCUT2D eigenvalue weighted by Crippen LogP contribution is 2.26. The van der Waals surface area contributed by atoms with Crippen molar-refractivity contribution < 1.29 is 14.7 Å². The van der Waals surface area contributed by atoms with Gasteiger partial charge in [0.15, 0.2) is 0 Å². The molecule has 3 rings (SSSR count). The van der Waals surface area contributed by atoms with Gasteiger partial charge in [-0.2, -0.15) is 5.10 Å². The van der Waals surface area contributed by atoms with E-state index in [1.807, 2.05) is 30.0 Å². The average molecular weight is 362 g/mol. The molecule has 0 spiro atoms. The van der Waals surface area contributed by atoms with Crippen LogP contribution in [0.1, 0.15) is 47.6 Å². The van der Waals surface area contributed by atoms with Crippen LogP contribution in [0, 0.1) is 0 Å². The summed E-state index contributed by atoms with van der Waals surface area (Å²) in [4.78, 5) is 25.6. The lowest BCUT2D eigenvalue weighted by Crippen LogP contribution is -2.41. The molecule has 1 N–H and O–H groups in total. The number of hydrogen-bond donors (Lipinski definition) is 1. The predicted molar refractivity (Wildman–Crippen MR) is 93.9 cm³/mol. The zero-order valence-electron chi connectivity index (χ0n) is 13.9. The second-order valence-corrected chi connectivity index (χ2v) is 6.78. The van der Waals surface area contributed by atoms with E-state index in [-0.39, 0.29) is 23.4 Å². The molecule has 0 bridgehead atoms. The molecular formula is C18H20ClN3O3. The van der Waals surface area contributed by atoms with E-state index in [9.17, 15) is 9.59 Å². The third-order valence-electron chi connectivity index (χ3n) is 4.72. The van der Waals surface area contributed by atoms with Gasteiger partial charge in [-0.15, -0.1) is 0 Å². The van der Waals surface area contributed by atoms with E-state index in [2.05, 4.69) is 5.10 Å². The van der Waals surface area contributed by atoms with E-state index in [4.69, 9.17) is 16.7 Å². The molecule has 1 fully saturated rings. The van der Waals surface area contributed by atoms with Gasteiger partial charge >= 0.3 is 5.97 Å². The summed E-state index contributed by atoms with van der Waals surface area (Å²) in [6.45, 7) is 3.17. The molecule has 1 saturated heterocycles. The maximum Gasteiger partial charge on any atom is 0.338 e. The van der Waals surface area contributed by atoms with Crippen LogP contribution >= 0.6 is 11.6 Å². The van der Waals surface area contributed by atoms with Crippen LogP contribution < -0.4 is 0 Å². The van der Waals surface area contributed by atoms with Crippen molar-refractivity contribution in [2.24, 2.45) is 0 Å². The average Bonchev–Trinajstić information content (AvgIpc) is 3.11. The number of aromatic carboxylic acids is 1. The number of carbonyl (C=O) groups is 2. The molecule has 1 aromatic carbocycles. The SMILES string of the molecule is CC(C(=O)N1CCC(n2cc(C(=O)O)cn2)CC1)c1cccc(Cl)c1. The molecule has 2 heterocycles. The molecule has 1 atom stereocenters. The molecule has 2 aromatic rings. The lowest BCUT2D eigenvalue weighted by molar-refractivity contribution is -0.133. The van der Waals surface area contributed by atoms with Crippen molar-refractivity contribution in [3.63, 3.8) is 0 Å². The molecule has 0 radical (unpaired) electrons. The molecule has 1 aromatic heterocycles. The third-order valence-corrected chi connectivity index (χ3v) is 4.95. The van der Waals surface area contributed by atoms with Crippen LogP contribution in [0.4, 0.5) is 0 Å². The zero-order chi connectivity index (χ0) is 18.0. The van der Waals surface area contributed by atoms with Gasteiger partial charge in [0.1, 0.15) is 0 Å². The number of benzene rings is 1. The Kier molecular flexibility index (Phi) is 5.08. The lowest BCUT2D eigenvalue weighted by atomic mass is 9.97. The summed E-state index contributed by atoms with van der Waals surface area (Å²) >= 11 is 6.01. The first-order chi connectivity index (χ1) is 12.0. The van der Waals surface area contributed by atoms with Gasteiger partial charge in [0.2, 0.25) is 5.91 Å². The molecule has 1 unspecified atom stereocenters. The standard InChI is InChI=1S/C18H20ClN3O3/c1-12(13-3-2-4-15(19)9-13)17(23)21-7-5-16(6-8-21)22-11-14(10-20-22)18(24)25/h2-4,9-12,16H,5-8H2,1H3,(H,24,25). The van der Waals surface area contributed by atoms with Crippen molar-refractivity contribution >= 4 is 23.5 Å². The van der Waals surface area contributed by atoms with Crippen LogP contribution in [0.15, 0.2) is 36.7 Å². The number of likely N-dealkylation sites (tertiary alicyclic amines) is 1. The molecule has 0 aliphatic carbocycles. The number of carboxylic acid groups (broad SMARTS) is 1. The third kappa shape index (κ3) is 3.85. The van der Waals surface area contributed by atoms with Crippen LogP contribution in [0.5, 0.6) is 0 Å². The van der Waals surface area contributed by atoms with Gasteiger partial charge in [-0.1, -0.05) is 23.7 Å². The highest BCUT2D eigenvalue weighted by Gasteiger charge is 2.28. The smallest absolute Gasteiger partial charge is 0.338 e. The molecule has 132 valence electrons. The zero-order valence-corrected chi connectivity index (χ0v) is 14.7. The van der Waals surface area contributed by atoms with Gasteiger partial charge in [0.05, 0.1) is 23.7 Å².